The molecule has 0 fully saturated rings. The van der Waals surface area contributed by atoms with E-state index >= 15 is 0 Å². The lowest BCUT2D eigenvalue weighted by Crippen LogP contribution is -2.13. The third-order valence-corrected chi connectivity index (χ3v) is 11.3. The molecule has 62 heavy (non-hydrogen) atoms. The highest BCUT2D eigenvalue weighted by Crippen LogP contribution is 2.44. The van der Waals surface area contributed by atoms with Crippen LogP contribution in [0.5, 0.6) is 11.5 Å². The SMILES string of the molecule is Cc1cc(N=Nc2ccc3c(c2)C(=O)c2cc(N=Nc4c(O)c(C=O)cc5ccccc45)ccc2-3)ccc1N=Nc1c(O)cc2c(=O)n3c4ccccc4nc3c3cccc1c23. The van der Waals surface area contributed by atoms with Crippen LogP contribution in [0.4, 0.5) is 34.1 Å². The number of aryl methyl sites for hydroxylation is 1. The number of fused-ring (bicyclic) bond motifs is 8. The molecule has 0 unspecified atom stereocenters. The highest BCUT2D eigenvalue weighted by atomic mass is 16.3. The van der Waals surface area contributed by atoms with Crippen molar-refractivity contribution < 1.29 is 19.8 Å². The van der Waals surface area contributed by atoms with Crippen molar-refractivity contribution >= 4 is 95.2 Å². The van der Waals surface area contributed by atoms with Gasteiger partial charge in [-0.05, 0) is 95.7 Å². The Morgan fingerprint density at radius 3 is 1.98 bits per heavy atom. The van der Waals surface area contributed by atoms with Crippen molar-refractivity contribution in [3.05, 3.63) is 166 Å². The molecule has 0 aliphatic heterocycles. The van der Waals surface area contributed by atoms with Crippen molar-refractivity contribution in [3.8, 4) is 22.6 Å². The van der Waals surface area contributed by atoms with E-state index in [1.165, 1.54) is 6.07 Å². The Labute approximate surface area is 349 Å². The number of hydrogen-bond donors (Lipinski definition) is 2. The van der Waals surface area contributed by atoms with Gasteiger partial charge in [0.05, 0.1) is 44.7 Å². The second-order valence-corrected chi connectivity index (χ2v) is 14.9. The summed E-state index contributed by atoms with van der Waals surface area (Å²) in [6, 6.07) is 39.1. The van der Waals surface area contributed by atoms with Gasteiger partial charge in [0.25, 0.3) is 5.56 Å². The fourth-order valence-electron chi connectivity index (χ4n) is 8.30. The van der Waals surface area contributed by atoms with Crippen LogP contribution in [-0.4, -0.2) is 31.7 Å². The van der Waals surface area contributed by atoms with Crippen LogP contribution in [-0.2, 0) is 0 Å². The fourth-order valence-corrected chi connectivity index (χ4v) is 8.30. The Morgan fingerprint density at radius 2 is 1.23 bits per heavy atom. The minimum absolute atomic E-state index is 0.103. The van der Waals surface area contributed by atoms with Crippen molar-refractivity contribution in [1.29, 1.82) is 0 Å². The molecule has 1 aliphatic rings. The molecule has 13 heteroatoms. The molecule has 0 amide bonds. The third-order valence-electron chi connectivity index (χ3n) is 11.3. The molecule has 294 valence electrons. The number of aromatic nitrogens is 2. The molecule has 2 N–H and O–H groups in total. The Balaban J connectivity index is 0.843. The highest BCUT2D eigenvalue weighted by molar-refractivity contribution is 6.22. The number of pyridine rings is 1. The molecule has 2 aromatic heterocycles. The number of aromatic hydroxyl groups is 2. The Kier molecular flexibility index (Phi) is 8.12. The zero-order valence-electron chi connectivity index (χ0n) is 32.5. The lowest BCUT2D eigenvalue weighted by Gasteiger charge is -2.10. The lowest BCUT2D eigenvalue weighted by atomic mass is 10.0. The van der Waals surface area contributed by atoms with Crippen LogP contribution in [0.15, 0.2) is 169 Å². The summed E-state index contributed by atoms with van der Waals surface area (Å²) in [5.74, 6) is -0.636. The van der Waals surface area contributed by atoms with Crippen LogP contribution >= 0.6 is 0 Å². The summed E-state index contributed by atoms with van der Waals surface area (Å²) in [6.45, 7) is 1.86. The quantitative estimate of drug-likeness (QED) is 0.119. The summed E-state index contributed by atoms with van der Waals surface area (Å²) >= 11 is 0. The van der Waals surface area contributed by atoms with E-state index in [-0.39, 0.29) is 39.8 Å². The Hall–Kier alpha value is -8.84. The number of hydrogen-bond acceptors (Lipinski definition) is 12. The molecule has 11 rings (SSSR count). The topological polar surface area (TPSA) is 183 Å². The Morgan fingerprint density at radius 1 is 0.581 bits per heavy atom. The summed E-state index contributed by atoms with van der Waals surface area (Å²) in [5, 5.41) is 52.1. The molecule has 2 heterocycles. The maximum atomic E-state index is 13.8. The number of para-hydroxylation sites is 2. The van der Waals surface area contributed by atoms with Crippen LogP contribution in [0.3, 0.4) is 0 Å². The van der Waals surface area contributed by atoms with Crippen molar-refractivity contribution in [3.63, 3.8) is 0 Å². The standard InChI is InChI=1S/C49H28N8O5/c1-25-19-28(15-18-39(25)54-55-44-34-9-6-10-35-43(34)38(23-42(44)59)49(62)57-41-12-5-4-11-40(41)50-48(35)57)51-52-29-13-16-32-33-17-14-30(22-37(33)47(61)36(32)21-29)53-56-45-31-8-3-2-7-26(31)20-27(24-58)46(45)60/h2-24,59-60H,1H3. The molecule has 13 nitrogen and oxygen atoms in total. The van der Waals surface area contributed by atoms with Gasteiger partial charge in [0.2, 0.25) is 0 Å². The molecule has 0 saturated heterocycles. The van der Waals surface area contributed by atoms with Crippen LogP contribution in [0, 0.1) is 6.92 Å². The second-order valence-electron chi connectivity index (χ2n) is 14.9. The molecular formula is C49H28N8O5. The van der Waals surface area contributed by atoms with E-state index in [0.29, 0.717) is 78.4 Å². The minimum atomic E-state index is -0.278. The smallest absolute Gasteiger partial charge is 0.264 e. The van der Waals surface area contributed by atoms with Gasteiger partial charge >= 0.3 is 0 Å². The first-order chi connectivity index (χ1) is 30.2. The maximum absolute atomic E-state index is 13.8. The normalized spacial score (nSPS) is 12.7. The van der Waals surface area contributed by atoms with Crippen molar-refractivity contribution in [2.45, 2.75) is 6.92 Å². The minimum Gasteiger partial charge on any atom is -0.506 e. The first-order valence-corrected chi connectivity index (χ1v) is 19.5. The van der Waals surface area contributed by atoms with Crippen LogP contribution in [0.1, 0.15) is 31.8 Å². The van der Waals surface area contributed by atoms with E-state index in [0.717, 1.165) is 27.5 Å². The number of phenolic OH excluding ortho intramolecular Hbond substituents is 2. The van der Waals surface area contributed by atoms with E-state index in [1.807, 2.05) is 73.7 Å². The molecule has 1 aliphatic carbocycles. The molecule has 10 aromatic rings. The van der Waals surface area contributed by atoms with Gasteiger partial charge in [0.15, 0.2) is 17.8 Å². The van der Waals surface area contributed by atoms with Gasteiger partial charge in [-0.15, -0.1) is 10.2 Å². The van der Waals surface area contributed by atoms with E-state index in [9.17, 15) is 24.6 Å². The van der Waals surface area contributed by atoms with Gasteiger partial charge < -0.3 is 10.2 Å². The number of aldehydes is 1. The van der Waals surface area contributed by atoms with Gasteiger partial charge in [-0.25, -0.2) is 4.98 Å². The first-order valence-electron chi connectivity index (χ1n) is 19.5. The number of imidazole rings is 1. The van der Waals surface area contributed by atoms with E-state index in [4.69, 9.17) is 4.98 Å². The molecule has 0 spiro atoms. The number of rotatable bonds is 7. The number of nitrogens with zero attached hydrogens (tertiary/aromatic N) is 8. The summed E-state index contributed by atoms with van der Waals surface area (Å²) in [6.07, 6.45) is 0.571. The Bertz CT molecular complexity index is 3760. The highest BCUT2D eigenvalue weighted by Gasteiger charge is 2.27. The van der Waals surface area contributed by atoms with Crippen molar-refractivity contribution in [1.82, 2.24) is 9.38 Å². The zero-order chi connectivity index (χ0) is 42.2. The number of phenols is 2. The van der Waals surface area contributed by atoms with Gasteiger partial charge in [-0.3, -0.25) is 18.8 Å². The predicted octanol–water partition coefficient (Wildman–Crippen LogP) is 12.7. The molecule has 8 aromatic carbocycles. The average molecular weight is 809 g/mol. The van der Waals surface area contributed by atoms with Gasteiger partial charge in [0, 0.05) is 32.7 Å². The van der Waals surface area contributed by atoms with Gasteiger partial charge in [-0.1, -0.05) is 66.7 Å². The largest absolute Gasteiger partial charge is 0.506 e. The summed E-state index contributed by atoms with van der Waals surface area (Å²) in [4.78, 5) is 43.8. The maximum Gasteiger partial charge on any atom is 0.264 e. The molecule has 0 bridgehead atoms. The number of benzene rings is 8. The molecule has 0 radical (unpaired) electrons. The van der Waals surface area contributed by atoms with Crippen molar-refractivity contribution in [2.75, 3.05) is 0 Å². The summed E-state index contributed by atoms with van der Waals surface area (Å²) < 4.78 is 1.58. The van der Waals surface area contributed by atoms with E-state index < -0.39 is 0 Å². The van der Waals surface area contributed by atoms with Crippen molar-refractivity contribution in [2.24, 2.45) is 30.7 Å². The monoisotopic (exact) mass is 808 g/mol. The fraction of sp³-hybridized carbons (Fsp3) is 0.0204. The van der Waals surface area contributed by atoms with Crippen LogP contribution < -0.4 is 5.56 Å². The van der Waals surface area contributed by atoms with E-state index in [2.05, 4.69) is 30.7 Å². The summed E-state index contributed by atoms with van der Waals surface area (Å²) in [7, 11) is 0. The third kappa shape index (κ3) is 5.63. The number of ketones is 1. The molecule has 0 atom stereocenters. The summed E-state index contributed by atoms with van der Waals surface area (Å²) in [5.41, 5.74) is 7.32. The zero-order valence-corrected chi connectivity index (χ0v) is 32.5. The molecular weight excluding hydrogens is 781 g/mol. The second kappa shape index (κ2) is 13.9. The van der Waals surface area contributed by atoms with Gasteiger partial charge in [-0.2, -0.15) is 20.5 Å². The first kappa shape index (κ1) is 36.3. The van der Waals surface area contributed by atoms with Crippen LogP contribution in [0.2, 0.25) is 0 Å². The van der Waals surface area contributed by atoms with E-state index in [1.54, 1.807) is 65.1 Å². The number of azo groups is 3. The number of carbonyl (C=O) groups is 2. The number of carbonyl (C=O) groups excluding carboxylic acids is 2. The van der Waals surface area contributed by atoms with Crippen LogP contribution in [0.25, 0.3) is 60.1 Å². The lowest BCUT2D eigenvalue weighted by molar-refractivity contribution is 0.104. The predicted molar refractivity (Wildman–Crippen MR) is 237 cm³/mol. The van der Waals surface area contributed by atoms with Gasteiger partial charge in [0.1, 0.15) is 22.8 Å². The average Bonchev–Trinajstić information content (AvgIpc) is 3.82. The molecule has 0 saturated carbocycles.